The molecule has 0 aliphatic heterocycles. The monoisotopic (exact) mass is 58.0 g/mol. The standard InChI is InChI=1S/H2N4/c1-4(2)3/h1-2H/q-2. The lowest BCUT2D eigenvalue weighted by Crippen LogP contribution is -1.64. The van der Waals surface area contributed by atoms with Crippen molar-refractivity contribution in [2.75, 3.05) is 0 Å². The van der Waals surface area contributed by atoms with E-state index in [-0.39, 0.29) is 0 Å². The molecule has 0 aliphatic rings. The summed E-state index contributed by atoms with van der Waals surface area (Å²) >= 11 is 0. The molecule has 0 heterocycles. The van der Waals surface area contributed by atoms with Crippen molar-refractivity contribution in [1.29, 1.82) is 0 Å². The van der Waals surface area contributed by atoms with Gasteiger partial charge in [0.05, 0.1) is 0 Å². The average molecular weight is 58.0 g/mol. The van der Waals surface area contributed by atoms with Gasteiger partial charge in [-0.15, -0.1) is 0 Å². The van der Waals surface area contributed by atoms with Gasteiger partial charge in [0.25, 0.3) is 0 Å². The van der Waals surface area contributed by atoms with Crippen molar-refractivity contribution in [2.45, 2.75) is 0 Å². The summed E-state index contributed by atoms with van der Waals surface area (Å²) in [6.07, 6.45) is 0. The minimum absolute atomic E-state index is 0.500. The van der Waals surface area contributed by atoms with Gasteiger partial charge in [0.2, 0.25) is 0 Å². The van der Waals surface area contributed by atoms with E-state index in [9.17, 15) is 0 Å². The Morgan fingerprint density at radius 1 is 1.50 bits per heavy atom. The molecule has 0 aromatic carbocycles. The van der Waals surface area contributed by atoms with Crippen LogP contribution in [0.25, 0.3) is 17.2 Å². The summed E-state index contributed by atoms with van der Waals surface area (Å²) in [5.41, 5.74) is 7.22. The first kappa shape index (κ1) is 3.20. The summed E-state index contributed by atoms with van der Waals surface area (Å²) in [5, 5.41) is 0. The molecule has 0 unspecified atom stereocenters. The van der Waals surface area contributed by atoms with Crippen molar-refractivity contribution in [3.63, 3.8) is 0 Å². The van der Waals surface area contributed by atoms with Crippen LogP contribution in [0.3, 0.4) is 0 Å². The average Bonchev–Trinajstić information content (AvgIpc) is 0.811. The van der Waals surface area contributed by atoms with E-state index in [1.807, 2.05) is 0 Å². The molecular weight excluding hydrogens is 56.0 g/mol. The lowest BCUT2D eigenvalue weighted by atomic mass is 12.4. The molecule has 4 nitrogen and oxygen atoms in total. The molecule has 0 aliphatic carbocycles. The Hall–Kier alpha value is -0.800. The molecular formula is H2N4-2. The lowest BCUT2D eigenvalue weighted by molar-refractivity contribution is -0.404. The summed E-state index contributed by atoms with van der Waals surface area (Å²) in [5.74, 6) is 11.3. The third kappa shape index (κ3) is 0.0750. The molecule has 24 valence electrons. The Morgan fingerprint density at radius 2 is 1.50 bits per heavy atom. The van der Waals surface area contributed by atoms with Gasteiger partial charge in [-0.2, -0.15) is 0 Å². The summed E-state index contributed by atoms with van der Waals surface area (Å²) < 4.78 is 0. The third-order valence-corrected chi connectivity index (χ3v) is 0. The molecule has 0 radical (unpaired) electrons. The maximum absolute atomic E-state index is 7.22. The first-order valence-electron chi connectivity index (χ1n) is 0.647. The first-order valence-corrected chi connectivity index (χ1v) is 0.647. The van der Waals surface area contributed by atoms with E-state index in [4.69, 9.17) is 17.2 Å². The van der Waals surface area contributed by atoms with Crippen LogP contribution in [0.5, 0.6) is 0 Å². The van der Waals surface area contributed by atoms with Crippen LogP contribution in [0.4, 0.5) is 0 Å². The second kappa shape index (κ2) is 0.655. The van der Waals surface area contributed by atoms with Gasteiger partial charge >= 0.3 is 0 Å². The van der Waals surface area contributed by atoms with Gasteiger partial charge in [-0.1, -0.05) is 0 Å². The van der Waals surface area contributed by atoms with Crippen molar-refractivity contribution >= 4 is 0 Å². The number of nitrogens with one attached hydrogen (secondary N) is 2. The second-order valence-corrected chi connectivity index (χ2v) is 0.312. The molecule has 0 aromatic rings. The van der Waals surface area contributed by atoms with Crippen LogP contribution in [-0.2, 0) is 0 Å². The Balaban J connectivity index is 2.80. The van der Waals surface area contributed by atoms with Crippen LogP contribution >= 0.6 is 0 Å². The van der Waals surface area contributed by atoms with Crippen LogP contribution < -0.4 is 0 Å². The quantitative estimate of drug-likeness (QED) is 0.226. The van der Waals surface area contributed by atoms with E-state index in [0.717, 1.165) is 0 Å². The van der Waals surface area contributed by atoms with Crippen molar-refractivity contribution in [3.8, 4) is 0 Å². The zero-order chi connectivity index (χ0) is 3.58. The third-order valence-electron chi connectivity index (χ3n) is 0. The SMILES string of the molecule is [N-]=[N+]([NH-])[NH-]. The lowest BCUT2D eigenvalue weighted by Gasteiger charge is -2.03. The first-order chi connectivity index (χ1) is 1.73. The molecule has 0 atom stereocenters. The normalized spacial score (nSPS) is 6.00. The van der Waals surface area contributed by atoms with E-state index >= 15 is 0 Å². The topological polar surface area (TPSA) is 72.9 Å². The fourth-order valence-electron chi connectivity index (χ4n) is 0. The van der Waals surface area contributed by atoms with E-state index in [1.165, 1.54) is 0 Å². The van der Waals surface area contributed by atoms with Crippen LogP contribution in [0.15, 0.2) is 0 Å². The van der Waals surface area contributed by atoms with Crippen molar-refractivity contribution in [3.05, 3.63) is 17.2 Å². The van der Waals surface area contributed by atoms with Crippen molar-refractivity contribution in [2.24, 2.45) is 0 Å². The smallest absolute Gasteiger partial charge is 0.417 e. The fourth-order valence-corrected chi connectivity index (χ4v) is 0. The summed E-state index contributed by atoms with van der Waals surface area (Å²) in [7, 11) is 0. The predicted octanol–water partition coefficient (Wildman–Crippen LogP) is 0.955. The molecule has 0 rings (SSSR count). The molecule has 4 heteroatoms. The number of nitrogens with zero attached hydrogens (tertiary/aromatic N) is 2. The van der Waals surface area contributed by atoms with Gasteiger partial charge < -0.3 is 22.1 Å². The van der Waals surface area contributed by atoms with Crippen LogP contribution in [-0.4, -0.2) is 4.92 Å². The van der Waals surface area contributed by atoms with Gasteiger partial charge in [0.1, 0.15) is 0 Å². The highest BCUT2D eigenvalue weighted by molar-refractivity contribution is 4.03. The minimum Gasteiger partial charge on any atom is -0.517 e. The van der Waals surface area contributed by atoms with E-state index in [2.05, 4.69) is 0 Å². The summed E-state index contributed by atoms with van der Waals surface area (Å²) in [6, 6.07) is 0. The molecule has 4 heavy (non-hydrogen) atoms. The molecule has 0 saturated heterocycles. The van der Waals surface area contributed by atoms with Gasteiger partial charge in [0, 0.05) is 0 Å². The molecule has 0 bridgehead atoms. The summed E-state index contributed by atoms with van der Waals surface area (Å²) in [4.78, 5) is -0.500. The van der Waals surface area contributed by atoms with Gasteiger partial charge in [-0.3, -0.25) is 0 Å². The van der Waals surface area contributed by atoms with E-state index in [0.29, 0.717) is 0 Å². The zero-order valence-corrected chi connectivity index (χ0v) is 1.89. The maximum Gasteiger partial charge on any atom is -0.417 e. The van der Waals surface area contributed by atoms with Crippen LogP contribution in [0.1, 0.15) is 0 Å². The van der Waals surface area contributed by atoms with Gasteiger partial charge in [-0.25, -0.2) is 0 Å². The molecule has 0 aromatic heterocycles. The molecule has 0 spiro atoms. The van der Waals surface area contributed by atoms with E-state index < -0.39 is 4.92 Å². The van der Waals surface area contributed by atoms with Crippen LogP contribution in [0.2, 0.25) is 0 Å². The largest absolute Gasteiger partial charge is 0.517 e. The van der Waals surface area contributed by atoms with E-state index in [1.54, 1.807) is 0 Å². The fraction of sp³-hybridized carbons (Fsp3) is 0. The highest BCUT2D eigenvalue weighted by atomic mass is 15.6. The van der Waals surface area contributed by atoms with Gasteiger partial charge in [-0.05, 0) is 0 Å². The molecule has 2 N–H and O–H groups in total. The van der Waals surface area contributed by atoms with Gasteiger partial charge in [0.15, 0.2) is 0 Å². The van der Waals surface area contributed by atoms with Crippen molar-refractivity contribution < 1.29 is 4.92 Å². The minimum atomic E-state index is -0.500. The second-order valence-electron chi connectivity index (χ2n) is 0.312. The Bertz CT molecular complexity index is 23.0. The highest BCUT2D eigenvalue weighted by Gasteiger charge is 1.13. The molecule has 0 saturated carbocycles. The maximum atomic E-state index is 7.22. The Morgan fingerprint density at radius 3 is 1.50 bits per heavy atom. The highest BCUT2D eigenvalue weighted by Crippen LogP contribution is 1.59. The molecule has 0 amide bonds. The van der Waals surface area contributed by atoms with Crippen molar-refractivity contribution in [1.82, 2.24) is 0 Å². The van der Waals surface area contributed by atoms with Crippen LogP contribution in [0, 0.1) is 0 Å². The number of rotatable bonds is 0. The number of hydrogen-bond donors (Lipinski definition) is 0. The summed E-state index contributed by atoms with van der Waals surface area (Å²) in [6.45, 7) is 0. The number of hydrogen-bond acceptors (Lipinski definition) is 0. The molecule has 0 fully saturated rings. The zero-order valence-electron chi connectivity index (χ0n) is 1.89. The predicted molar refractivity (Wildman–Crippen MR) is 12.3 cm³/mol. The Kier molecular flexibility index (Phi) is 0.524. The Labute approximate surface area is 23.4 Å².